The summed E-state index contributed by atoms with van der Waals surface area (Å²) in [6.07, 6.45) is 2.93. The van der Waals surface area contributed by atoms with Crippen LogP contribution in [0.2, 0.25) is 10.0 Å². The maximum absolute atomic E-state index is 12.3. The number of halogens is 2. The lowest BCUT2D eigenvalue weighted by Crippen LogP contribution is -2.22. The third-order valence-electron chi connectivity index (χ3n) is 3.68. The molecule has 3 rings (SSSR count). The average molecular weight is 421 g/mol. The van der Waals surface area contributed by atoms with Crippen LogP contribution < -0.4 is 4.80 Å². The van der Waals surface area contributed by atoms with Crippen LogP contribution in [0, 0.1) is 0 Å². The minimum Gasteiger partial charge on any atom is -0.468 e. The van der Waals surface area contributed by atoms with Gasteiger partial charge in [0.25, 0.3) is 5.91 Å². The van der Waals surface area contributed by atoms with Gasteiger partial charge >= 0.3 is 5.97 Å². The van der Waals surface area contributed by atoms with Gasteiger partial charge in [0.2, 0.25) is 0 Å². The molecule has 1 amide bonds. The van der Waals surface area contributed by atoms with Crippen molar-refractivity contribution < 1.29 is 14.3 Å². The maximum Gasteiger partial charge on any atom is 0.325 e. The van der Waals surface area contributed by atoms with Gasteiger partial charge in [0.15, 0.2) is 4.80 Å². The Morgan fingerprint density at radius 2 is 2.00 bits per heavy atom. The summed E-state index contributed by atoms with van der Waals surface area (Å²) in [6, 6.07) is 12.4. The van der Waals surface area contributed by atoms with Gasteiger partial charge in [0, 0.05) is 16.1 Å². The lowest BCUT2D eigenvalue weighted by Gasteiger charge is -2.03. The molecule has 0 aliphatic rings. The summed E-state index contributed by atoms with van der Waals surface area (Å²) >= 11 is 13.4. The number of thiazole rings is 1. The average Bonchev–Trinajstić information content (AvgIpc) is 2.97. The van der Waals surface area contributed by atoms with E-state index >= 15 is 0 Å². The number of amides is 1. The first kappa shape index (κ1) is 19.4. The Morgan fingerprint density at radius 1 is 1.22 bits per heavy atom. The number of carbonyl (C=O) groups is 2. The number of benzene rings is 2. The van der Waals surface area contributed by atoms with Crippen molar-refractivity contribution in [3.05, 3.63) is 69.0 Å². The fourth-order valence-corrected chi connectivity index (χ4v) is 3.89. The van der Waals surface area contributed by atoms with Crippen LogP contribution in [0.1, 0.15) is 5.56 Å². The van der Waals surface area contributed by atoms with Gasteiger partial charge in [-0.1, -0.05) is 52.7 Å². The first-order valence-corrected chi connectivity index (χ1v) is 9.42. The molecule has 1 aromatic heterocycles. The molecule has 0 aliphatic heterocycles. The molecular formula is C19H14Cl2N2O3S. The quantitative estimate of drug-likeness (QED) is 0.466. The van der Waals surface area contributed by atoms with Gasteiger partial charge < -0.3 is 9.30 Å². The normalized spacial score (nSPS) is 12.0. The van der Waals surface area contributed by atoms with Crippen LogP contribution in [0.3, 0.4) is 0 Å². The summed E-state index contributed by atoms with van der Waals surface area (Å²) in [5, 5.41) is 1.10. The fourth-order valence-electron chi connectivity index (χ4n) is 2.38. The first-order chi connectivity index (χ1) is 13.0. The van der Waals surface area contributed by atoms with E-state index in [-0.39, 0.29) is 6.54 Å². The number of rotatable bonds is 4. The maximum atomic E-state index is 12.3. The molecule has 2 aromatic carbocycles. The van der Waals surface area contributed by atoms with Crippen LogP contribution in [0.25, 0.3) is 16.3 Å². The van der Waals surface area contributed by atoms with Crippen molar-refractivity contribution in [3.8, 4) is 0 Å². The molecule has 0 atom stereocenters. The lowest BCUT2D eigenvalue weighted by atomic mass is 10.2. The molecule has 27 heavy (non-hydrogen) atoms. The van der Waals surface area contributed by atoms with E-state index in [0.29, 0.717) is 20.4 Å². The fraction of sp³-hybridized carbons (Fsp3) is 0.105. The van der Waals surface area contributed by atoms with E-state index < -0.39 is 11.9 Å². The molecular weight excluding hydrogens is 407 g/mol. The zero-order valence-corrected chi connectivity index (χ0v) is 16.5. The van der Waals surface area contributed by atoms with Gasteiger partial charge in [0.05, 0.1) is 17.3 Å². The second-order valence-electron chi connectivity index (χ2n) is 5.46. The van der Waals surface area contributed by atoms with Crippen molar-refractivity contribution in [1.82, 2.24) is 4.57 Å². The monoisotopic (exact) mass is 420 g/mol. The number of hydrogen-bond acceptors (Lipinski definition) is 4. The number of esters is 1. The molecule has 3 aromatic rings. The van der Waals surface area contributed by atoms with E-state index in [2.05, 4.69) is 4.99 Å². The predicted octanol–water partition coefficient (Wildman–Crippen LogP) is 4.32. The number of hydrogen-bond donors (Lipinski definition) is 0. The molecule has 138 valence electrons. The Kier molecular flexibility index (Phi) is 6.11. The van der Waals surface area contributed by atoms with Crippen molar-refractivity contribution in [2.75, 3.05) is 7.11 Å². The van der Waals surface area contributed by atoms with Crippen molar-refractivity contribution >= 4 is 62.7 Å². The molecule has 0 radical (unpaired) electrons. The second kappa shape index (κ2) is 8.52. The zero-order valence-electron chi connectivity index (χ0n) is 14.2. The molecule has 0 unspecified atom stereocenters. The van der Waals surface area contributed by atoms with Crippen LogP contribution in [-0.2, 0) is 20.9 Å². The predicted molar refractivity (Wildman–Crippen MR) is 108 cm³/mol. The highest BCUT2D eigenvalue weighted by Gasteiger charge is 2.11. The number of fused-ring (bicyclic) bond motifs is 1. The highest BCUT2D eigenvalue weighted by Crippen LogP contribution is 2.22. The molecule has 0 spiro atoms. The molecule has 0 aliphatic carbocycles. The number of methoxy groups -OCH3 is 1. The Morgan fingerprint density at radius 3 is 2.74 bits per heavy atom. The number of ether oxygens (including phenoxy) is 1. The third kappa shape index (κ3) is 4.66. The van der Waals surface area contributed by atoms with E-state index in [1.54, 1.807) is 41.0 Å². The molecule has 5 nitrogen and oxygen atoms in total. The molecule has 1 heterocycles. The van der Waals surface area contributed by atoms with Crippen LogP contribution in [-0.4, -0.2) is 23.6 Å². The molecule has 0 saturated carbocycles. The third-order valence-corrected chi connectivity index (χ3v) is 5.30. The molecule has 0 saturated heterocycles. The lowest BCUT2D eigenvalue weighted by molar-refractivity contribution is -0.141. The van der Waals surface area contributed by atoms with Gasteiger partial charge in [-0.3, -0.25) is 9.59 Å². The summed E-state index contributed by atoms with van der Waals surface area (Å²) in [7, 11) is 1.31. The SMILES string of the molecule is COC(=O)Cn1c(=NC(=O)/C=C/c2ccccc2Cl)sc2cc(Cl)ccc21. The van der Waals surface area contributed by atoms with Crippen LogP contribution in [0.15, 0.2) is 53.5 Å². The Balaban J connectivity index is 2.01. The molecule has 8 heteroatoms. The first-order valence-electron chi connectivity index (χ1n) is 7.85. The highest BCUT2D eigenvalue weighted by atomic mass is 35.5. The van der Waals surface area contributed by atoms with E-state index in [4.69, 9.17) is 27.9 Å². The topological polar surface area (TPSA) is 60.7 Å². The van der Waals surface area contributed by atoms with Gasteiger partial charge in [0.1, 0.15) is 6.54 Å². The number of nitrogens with zero attached hydrogens (tertiary/aromatic N) is 2. The summed E-state index contributed by atoms with van der Waals surface area (Å²) in [5.74, 6) is -0.906. The molecule has 0 fully saturated rings. The summed E-state index contributed by atoms with van der Waals surface area (Å²) < 4.78 is 7.18. The van der Waals surface area contributed by atoms with Crippen LogP contribution in [0.4, 0.5) is 0 Å². The Labute approximate surface area is 169 Å². The summed E-state index contributed by atoms with van der Waals surface area (Å²) in [5.41, 5.74) is 1.46. The largest absolute Gasteiger partial charge is 0.468 e. The van der Waals surface area contributed by atoms with Crippen molar-refractivity contribution in [2.24, 2.45) is 4.99 Å². The summed E-state index contributed by atoms with van der Waals surface area (Å²) in [6.45, 7) is -0.0571. The standard InChI is InChI=1S/C19H14Cl2N2O3S/c1-26-18(25)11-23-15-8-7-13(20)10-16(15)27-19(23)22-17(24)9-6-12-4-2-3-5-14(12)21/h2-10H,11H2,1H3/b9-6+,22-19?. The van der Waals surface area contributed by atoms with Crippen molar-refractivity contribution in [2.45, 2.75) is 6.54 Å². The van der Waals surface area contributed by atoms with E-state index in [1.165, 1.54) is 24.5 Å². The van der Waals surface area contributed by atoms with Gasteiger partial charge in [-0.25, -0.2) is 0 Å². The minimum atomic E-state index is -0.466. The minimum absolute atomic E-state index is 0.0571. The van der Waals surface area contributed by atoms with Crippen molar-refractivity contribution in [1.29, 1.82) is 0 Å². The van der Waals surface area contributed by atoms with E-state index in [9.17, 15) is 9.59 Å². The van der Waals surface area contributed by atoms with Gasteiger partial charge in [-0.2, -0.15) is 4.99 Å². The number of carbonyl (C=O) groups excluding carboxylic acids is 2. The van der Waals surface area contributed by atoms with Gasteiger partial charge in [-0.05, 0) is 35.9 Å². The zero-order chi connectivity index (χ0) is 19.4. The van der Waals surface area contributed by atoms with Crippen molar-refractivity contribution in [3.63, 3.8) is 0 Å². The van der Waals surface area contributed by atoms with Crippen LogP contribution >= 0.6 is 34.5 Å². The van der Waals surface area contributed by atoms with E-state index in [1.807, 2.05) is 12.1 Å². The molecule has 0 N–H and O–H groups in total. The summed E-state index contributed by atoms with van der Waals surface area (Å²) in [4.78, 5) is 28.6. The smallest absolute Gasteiger partial charge is 0.325 e. The Hall–Kier alpha value is -2.41. The second-order valence-corrected chi connectivity index (χ2v) is 7.32. The Bertz CT molecular complexity index is 1120. The number of aromatic nitrogens is 1. The van der Waals surface area contributed by atoms with E-state index in [0.717, 1.165) is 10.2 Å². The highest BCUT2D eigenvalue weighted by molar-refractivity contribution is 7.16. The molecule has 0 bridgehead atoms. The van der Waals surface area contributed by atoms with Crippen LogP contribution in [0.5, 0.6) is 0 Å². The van der Waals surface area contributed by atoms with Gasteiger partial charge in [-0.15, -0.1) is 0 Å².